The second-order valence-corrected chi connectivity index (χ2v) is 21.3. The maximum absolute atomic E-state index is 14.2. The maximum atomic E-state index is 14.2. The van der Waals surface area contributed by atoms with E-state index in [0.29, 0.717) is 48.4 Å². The average molecular weight is 1210 g/mol. The first-order chi connectivity index (χ1) is 41.5. The molecule has 5 aliphatic heterocycles. The fraction of sp³-hybridized carbons (Fsp3) is 0.421. The fourth-order valence-corrected chi connectivity index (χ4v) is 10.6. The summed E-state index contributed by atoms with van der Waals surface area (Å²) in [4.78, 5) is 56.2. The third-order valence-corrected chi connectivity index (χ3v) is 14.9. The van der Waals surface area contributed by atoms with Crippen LogP contribution in [-0.4, -0.2) is 198 Å². The van der Waals surface area contributed by atoms with Crippen LogP contribution in [0.2, 0.25) is 0 Å². The molecule has 3 amide bonds. The molecule has 0 radical (unpaired) electrons. The van der Waals surface area contributed by atoms with Crippen molar-refractivity contribution in [2.45, 2.75) is 68.8 Å². The van der Waals surface area contributed by atoms with Gasteiger partial charge < -0.3 is 86.5 Å². The van der Waals surface area contributed by atoms with Crippen molar-refractivity contribution < 1.29 is 94.2 Å². The van der Waals surface area contributed by atoms with Crippen LogP contribution in [0.3, 0.4) is 0 Å². The molecular formula is C57H64N8O20S. The van der Waals surface area contributed by atoms with Crippen molar-refractivity contribution in [1.82, 2.24) is 15.1 Å². The van der Waals surface area contributed by atoms with Gasteiger partial charge in [0.1, 0.15) is 43.4 Å². The zero-order chi connectivity index (χ0) is 61.1. The Bertz CT molecular complexity index is 3300. The Hall–Kier alpha value is -8.35. The number of amides is 3. The predicted molar refractivity (Wildman–Crippen MR) is 304 cm³/mol. The molecule has 3 fully saturated rings. The summed E-state index contributed by atoms with van der Waals surface area (Å²) in [6.45, 7) is 8.95. The van der Waals surface area contributed by atoms with E-state index in [-0.39, 0.29) is 135 Å². The predicted octanol–water partition coefficient (Wildman–Crippen LogP) is 3.81. The number of carbonyl (C=O) groups is 3. The Kier molecular flexibility index (Phi) is 20.4. The Morgan fingerprint density at radius 2 is 1.28 bits per heavy atom. The van der Waals surface area contributed by atoms with Crippen LogP contribution < -0.4 is 37.4 Å². The van der Waals surface area contributed by atoms with Gasteiger partial charge in [-0.15, -0.1) is 8.42 Å². The molecular weight excluding hydrogens is 1150 g/mol. The molecule has 29 heteroatoms. The van der Waals surface area contributed by atoms with E-state index < -0.39 is 65.1 Å². The lowest BCUT2D eigenvalue weighted by Crippen LogP contribution is -2.60. The zero-order valence-electron chi connectivity index (χ0n) is 46.9. The van der Waals surface area contributed by atoms with Gasteiger partial charge in [-0.05, 0) is 78.0 Å². The van der Waals surface area contributed by atoms with Gasteiger partial charge in [0, 0.05) is 61.2 Å². The smallest absolute Gasteiger partial charge is 0.493 e. The third-order valence-electron chi connectivity index (χ3n) is 14.1. The molecule has 5 N–H and O–H groups in total. The molecule has 7 atom stereocenters. The van der Waals surface area contributed by atoms with E-state index in [2.05, 4.69) is 38.5 Å². The highest BCUT2D eigenvalue weighted by Crippen LogP contribution is 2.42. The zero-order valence-corrected chi connectivity index (χ0v) is 47.7. The molecule has 4 aromatic carbocycles. The highest BCUT2D eigenvalue weighted by molar-refractivity contribution is 7.82. The molecule has 0 aliphatic carbocycles. The summed E-state index contributed by atoms with van der Waals surface area (Å²) in [6.07, 6.45) is -4.30. The van der Waals surface area contributed by atoms with E-state index in [4.69, 9.17) is 56.5 Å². The van der Waals surface area contributed by atoms with Crippen molar-refractivity contribution in [3.63, 3.8) is 0 Å². The van der Waals surface area contributed by atoms with Gasteiger partial charge in [-0.1, -0.05) is 29.4 Å². The molecule has 86 heavy (non-hydrogen) atoms. The number of carbonyl (C=O) groups excluding carboxylic acids is 3. The number of aliphatic imine (C=N–C) groups is 2. The largest absolute Gasteiger partial charge is 0.501 e. The highest BCUT2D eigenvalue weighted by Gasteiger charge is 2.45. The molecule has 9 rings (SSSR count). The van der Waals surface area contributed by atoms with Gasteiger partial charge in [0.05, 0.1) is 95.1 Å². The van der Waals surface area contributed by atoms with Crippen LogP contribution in [0.25, 0.3) is 10.4 Å². The minimum Gasteiger partial charge on any atom is -0.493 e. The topological polar surface area (TPSA) is 360 Å². The standard InChI is InChI=1S/C57H64N8O20S/c1-32-15-37-25-60-42-23-47(45(75-3)21-40(42)55(71)64(37)27-32)80-30-34-17-35(31-81-48-24-43-41(22-46(48)76-4)56(72)65-28-33(2)16-38(65)26-61-43)19-39(18-34)84-86(73,74)85-49-20-36(5-6-44(49)82-57-53(69)52(68)51(67)50(29-66)83-57)54(70)59-7-9-77-11-13-79-14-12-78-10-8-62-63-58/h5-6,17-26,37-38,50-53,57,66-69H,1-2,7-16,27-31H2,3-4H3,(H,59,70)/t37-,38-,50+,51-,52-,53+,57?/m0/s1. The van der Waals surface area contributed by atoms with Crippen LogP contribution in [0, 0.1) is 0 Å². The van der Waals surface area contributed by atoms with Crippen molar-refractivity contribution >= 4 is 51.9 Å². The summed E-state index contributed by atoms with van der Waals surface area (Å²) < 4.78 is 91.2. The Morgan fingerprint density at radius 1 is 0.721 bits per heavy atom. The number of hydrogen-bond acceptors (Lipinski definition) is 23. The molecule has 5 aliphatic rings. The van der Waals surface area contributed by atoms with Crippen LogP contribution in [-0.2, 0) is 42.6 Å². The monoisotopic (exact) mass is 1210 g/mol. The Morgan fingerprint density at radius 3 is 1.83 bits per heavy atom. The number of azide groups is 1. The van der Waals surface area contributed by atoms with Gasteiger partial charge in [0.2, 0.25) is 6.29 Å². The van der Waals surface area contributed by atoms with Crippen molar-refractivity contribution in [3.8, 4) is 40.2 Å². The first-order valence-corrected chi connectivity index (χ1v) is 28.4. The normalized spacial score (nSPS) is 21.3. The van der Waals surface area contributed by atoms with Crippen LogP contribution in [0.15, 0.2) is 100 Å². The van der Waals surface area contributed by atoms with Gasteiger partial charge in [-0.25, -0.2) is 0 Å². The van der Waals surface area contributed by atoms with Gasteiger partial charge in [-0.3, -0.25) is 24.4 Å². The lowest BCUT2D eigenvalue weighted by molar-refractivity contribution is -0.277. The quantitative estimate of drug-likeness (QED) is 0.0177. The second-order valence-electron chi connectivity index (χ2n) is 20.2. The highest BCUT2D eigenvalue weighted by atomic mass is 32.3. The Balaban J connectivity index is 0.964. The Labute approximate surface area is 493 Å². The van der Waals surface area contributed by atoms with E-state index in [1.165, 1.54) is 44.6 Å². The first kappa shape index (κ1) is 62.2. The lowest BCUT2D eigenvalue weighted by Gasteiger charge is -2.39. The van der Waals surface area contributed by atoms with E-state index in [0.717, 1.165) is 23.3 Å². The second kappa shape index (κ2) is 28.2. The number of nitrogens with zero attached hydrogens (tertiary/aromatic N) is 7. The molecule has 0 spiro atoms. The van der Waals surface area contributed by atoms with Crippen LogP contribution in [0.5, 0.6) is 40.2 Å². The van der Waals surface area contributed by atoms with E-state index in [9.17, 15) is 43.2 Å². The number of rotatable bonds is 28. The molecule has 0 aromatic heterocycles. The SMILES string of the molecule is C=C1C[C@H]2C=Nc3cc(OCc4cc(COc5cc6c(cc5OC)C(=O)N5CC(=C)C[C@H]5C=N6)cc(OS(=O)(=O)Oc5cc(C(=O)NCCOCCOCCOCCN=[N+]=[N-])ccc5OC5O[C@H](CO)[C@H](O)[C@H](O)[C@H]5O)c4)c(OC)cc3C(=O)N2C1. The van der Waals surface area contributed by atoms with Gasteiger partial charge in [0.15, 0.2) is 34.5 Å². The molecule has 5 heterocycles. The molecule has 0 saturated carbocycles. The molecule has 4 aromatic rings. The molecule has 458 valence electrons. The molecule has 0 bridgehead atoms. The van der Waals surface area contributed by atoms with Crippen molar-refractivity contribution in [1.29, 1.82) is 0 Å². The van der Waals surface area contributed by atoms with Crippen molar-refractivity contribution in [2.24, 2.45) is 15.1 Å². The number of nitrogens with one attached hydrogen (secondary N) is 1. The first-order valence-electron chi connectivity index (χ1n) is 27.1. The molecule has 28 nitrogen and oxygen atoms in total. The average Bonchev–Trinajstić information content (AvgIpc) is 1.86. The number of hydrogen-bond donors (Lipinski definition) is 5. The number of aliphatic hydroxyl groups is 4. The molecule has 3 saturated heterocycles. The van der Waals surface area contributed by atoms with E-state index >= 15 is 0 Å². The minimum atomic E-state index is -5.27. The van der Waals surface area contributed by atoms with Crippen molar-refractivity contribution in [3.05, 3.63) is 123 Å². The summed E-state index contributed by atoms with van der Waals surface area (Å²) in [5.41, 5.74) is 11.8. The van der Waals surface area contributed by atoms with Gasteiger partial charge in [-0.2, -0.15) is 0 Å². The lowest BCUT2D eigenvalue weighted by atomic mass is 9.99. The summed E-state index contributed by atoms with van der Waals surface area (Å²) in [5, 5.41) is 47.7. The number of fused-ring (bicyclic) bond motifs is 4. The van der Waals surface area contributed by atoms with Crippen LogP contribution >= 0.6 is 0 Å². The summed E-state index contributed by atoms with van der Waals surface area (Å²) in [6, 6.07) is 13.3. The van der Waals surface area contributed by atoms with Crippen LogP contribution in [0.1, 0.15) is 55.0 Å². The van der Waals surface area contributed by atoms with Gasteiger partial charge >= 0.3 is 10.4 Å². The number of benzene rings is 4. The molecule has 1 unspecified atom stereocenters. The van der Waals surface area contributed by atoms with E-state index in [1.807, 2.05) is 0 Å². The fourth-order valence-electron chi connectivity index (χ4n) is 9.85. The number of methoxy groups -OCH3 is 2. The summed E-state index contributed by atoms with van der Waals surface area (Å²) >= 11 is 0. The number of ether oxygens (including phenoxy) is 9. The van der Waals surface area contributed by atoms with Crippen molar-refractivity contribution in [2.75, 3.05) is 86.6 Å². The van der Waals surface area contributed by atoms with Crippen LogP contribution in [0.4, 0.5) is 11.4 Å². The third kappa shape index (κ3) is 15.0. The summed E-state index contributed by atoms with van der Waals surface area (Å²) in [5.74, 6) is -1.94. The minimum absolute atomic E-state index is 0.000181. The van der Waals surface area contributed by atoms with E-state index in [1.54, 1.807) is 40.4 Å². The van der Waals surface area contributed by atoms with Gasteiger partial charge in [0.25, 0.3) is 17.7 Å². The maximum Gasteiger partial charge on any atom is 0.501 e. The number of aliphatic hydroxyl groups excluding tert-OH is 4. The summed E-state index contributed by atoms with van der Waals surface area (Å²) in [7, 11) is -2.45.